The fourth-order valence-electron chi connectivity index (χ4n) is 1.20. The Morgan fingerprint density at radius 3 is 2.65 bits per heavy atom. The van der Waals surface area contributed by atoms with Gasteiger partial charge in [-0.1, -0.05) is 6.92 Å². The molecule has 17 heavy (non-hydrogen) atoms. The smallest absolute Gasteiger partial charge is 0.306 e. The molecule has 0 fully saturated rings. The summed E-state index contributed by atoms with van der Waals surface area (Å²) in [5.74, 6) is -1.23. The van der Waals surface area contributed by atoms with Crippen LogP contribution in [0.3, 0.4) is 0 Å². The molecule has 0 heterocycles. The Bertz CT molecular complexity index is 234. The van der Waals surface area contributed by atoms with Gasteiger partial charge < -0.3 is 20.5 Å². The molecule has 0 saturated heterocycles. The molecule has 1 atom stereocenters. The molecule has 0 aliphatic carbocycles. The van der Waals surface area contributed by atoms with E-state index in [1.807, 2.05) is 0 Å². The number of ether oxygens (including phenoxy) is 1. The standard InChI is InChI=1S/C11H22N2O4/c1-9(11(15)16)4-3-5-13-10(14)8-12-6-7-17-2/h9,12H,3-8H2,1-2H3,(H,13,14)(H,15,16). The molecule has 0 saturated carbocycles. The first kappa shape index (κ1) is 15.9. The van der Waals surface area contributed by atoms with Gasteiger partial charge in [0.05, 0.1) is 19.1 Å². The van der Waals surface area contributed by atoms with Gasteiger partial charge in [0, 0.05) is 20.2 Å². The number of amides is 1. The molecule has 1 unspecified atom stereocenters. The second kappa shape index (κ2) is 10.0. The van der Waals surface area contributed by atoms with E-state index in [9.17, 15) is 9.59 Å². The van der Waals surface area contributed by atoms with Crippen LogP contribution in [-0.4, -0.2) is 50.3 Å². The number of hydrogen-bond acceptors (Lipinski definition) is 4. The molecule has 3 N–H and O–H groups in total. The molecule has 1 amide bonds. The molecule has 0 bridgehead atoms. The number of carboxylic acid groups (broad SMARTS) is 1. The first-order chi connectivity index (χ1) is 8.07. The summed E-state index contributed by atoms with van der Waals surface area (Å²) in [5, 5.41) is 14.3. The lowest BCUT2D eigenvalue weighted by atomic mass is 10.1. The third-order valence-corrected chi connectivity index (χ3v) is 2.33. The summed E-state index contributed by atoms with van der Waals surface area (Å²) in [5.41, 5.74) is 0. The average Bonchev–Trinajstić information content (AvgIpc) is 2.29. The second-order valence-corrected chi connectivity index (χ2v) is 3.90. The molecule has 100 valence electrons. The highest BCUT2D eigenvalue weighted by atomic mass is 16.5. The summed E-state index contributed by atoms with van der Waals surface area (Å²) in [7, 11) is 1.60. The van der Waals surface area contributed by atoms with Gasteiger partial charge in [-0.2, -0.15) is 0 Å². The molecule has 0 aliphatic rings. The van der Waals surface area contributed by atoms with Crippen LogP contribution < -0.4 is 10.6 Å². The van der Waals surface area contributed by atoms with Crippen molar-refractivity contribution in [2.24, 2.45) is 5.92 Å². The molecule has 0 aromatic rings. The summed E-state index contributed by atoms with van der Waals surface area (Å²) < 4.78 is 4.82. The van der Waals surface area contributed by atoms with Gasteiger partial charge in [-0.05, 0) is 12.8 Å². The monoisotopic (exact) mass is 246 g/mol. The predicted octanol–water partition coefficient (Wildman–Crippen LogP) is -0.160. The zero-order valence-electron chi connectivity index (χ0n) is 10.5. The quantitative estimate of drug-likeness (QED) is 0.466. The van der Waals surface area contributed by atoms with E-state index in [0.29, 0.717) is 32.5 Å². The Labute approximate surface area is 102 Å². The van der Waals surface area contributed by atoms with Gasteiger partial charge in [0.2, 0.25) is 5.91 Å². The minimum atomic E-state index is -0.794. The molecule has 0 aromatic heterocycles. The maximum absolute atomic E-state index is 11.3. The zero-order valence-corrected chi connectivity index (χ0v) is 10.5. The zero-order chi connectivity index (χ0) is 13.1. The van der Waals surface area contributed by atoms with E-state index in [1.54, 1.807) is 14.0 Å². The van der Waals surface area contributed by atoms with Crippen LogP contribution in [0.4, 0.5) is 0 Å². The molecule has 6 nitrogen and oxygen atoms in total. The van der Waals surface area contributed by atoms with Crippen LogP contribution >= 0.6 is 0 Å². The van der Waals surface area contributed by atoms with Gasteiger partial charge in [0.25, 0.3) is 0 Å². The molecule has 0 aliphatic heterocycles. The van der Waals surface area contributed by atoms with E-state index in [2.05, 4.69) is 10.6 Å². The number of hydrogen-bond donors (Lipinski definition) is 3. The average molecular weight is 246 g/mol. The van der Waals surface area contributed by atoms with E-state index in [1.165, 1.54) is 0 Å². The van der Waals surface area contributed by atoms with E-state index < -0.39 is 5.97 Å². The largest absolute Gasteiger partial charge is 0.481 e. The Balaban J connectivity index is 3.36. The van der Waals surface area contributed by atoms with Crippen LogP contribution in [0.5, 0.6) is 0 Å². The fraction of sp³-hybridized carbons (Fsp3) is 0.818. The lowest BCUT2D eigenvalue weighted by Gasteiger charge is -2.08. The van der Waals surface area contributed by atoms with Gasteiger partial charge >= 0.3 is 5.97 Å². The van der Waals surface area contributed by atoms with Crippen molar-refractivity contribution in [3.63, 3.8) is 0 Å². The number of carbonyl (C=O) groups is 2. The summed E-state index contributed by atoms with van der Waals surface area (Å²) >= 11 is 0. The van der Waals surface area contributed by atoms with Crippen LogP contribution in [-0.2, 0) is 14.3 Å². The number of nitrogens with one attached hydrogen (secondary N) is 2. The Hall–Kier alpha value is -1.14. The van der Waals surface area contributed by atoms with Gasteiger partial charge in [-0.3, -0.25) is 9.59 Å². The maximum atomic E-state index is 11.3. The third kappa shape index (κ3) is 9.77. The second-order valence-electron chi connectivity index (χ2n) is 3.90. The van der Waals surface area contributed by atoms with Crippen LogP contribution in [0, 0.1) is 5.92 Å². The van der Waals surface area contributed by atoms with Gasteiger partial charge in [0.1, 0.15) is 0 Å². The van der Waals surface area contributed by atoms with Crippen molar-refractivity contribution in [1.29, 1.82) is 0 Å². The molecule has 0 rings (SSSR count). The van der Waals surface area contributed by atoms with Crippen molar-refractivity contribution in [1.82, 2.24) is 10.6 Å². The maximum Gasteiger partial charge on any atom is 0.306 e. The fourth-order valence-corrected chi connectivity index (χ4v) is 1.20. The normalized spacial score (nSPS) is 12.1. The molecule has 0 radical (unpaired) electrons. The van der Waals surface area contributed by atoms with Crippen LogP contribution in [0.2, 0.25) is 0 Å². The highest BCUT2D eigenvalue weighted by molar-refractivity contribution is 5.77. The molecule has 6 heteroatoms. The third-order valence-electron chi connectivity index (χ3n) is 2.33. The summed E-state index contributed by atoms with van der Waals surface area (Å²) in [6.45, 7) is 3.65. The number of carbonyl (C=O) groups excluding carboxylic acids is 1. The first-order valence-corrected chi connectivity index (χ1v) is 5.77. The molecule has 0 spiro atoms. The van der Waals surface area contributed by atoms with Crippen molar-refractivity contribution >= 4 is 11.9 Å². The summed E-state index contributed by atoms with van der Waals surface area (Å²) in [4.78, 5) is 21.8. The Morgan fingerprint density at radius 1 is 1.35 bits per heavy atom. The Morgan fingerprint density at radius 2 is 2.06 bits per heavy atom. The van der Waals surface area contributed by atoms with Crippen LogP contribution in [0.15, 0.2) is 0 Å². The van der Waals surface area contributed by atoms with Gasteiger partial charge in [-0.15, -0.1) is 0 Å². The number of aliphatic carboxylic acids is 1. The molecule has 0 aromatic carbocycles. The van der Waals surface area contributed by atoms with Crippen LogP contribution in [0.25, 0.3) is 0 Å². The molecular weight excluding hydrogens is 224 g/mol. The first-order valence-electron chi connectivity index (χ1n) is 5.77. The number of carboxylic acids is 1. The number of rotatable bonds is 10. The predicted molar refractivity (Wildman–Crippen MR) is 63.8 cm³/mol. The topological polar surface area (TPSA) is 87.7 Å². The SMILES string of the molecule is COCCNCC(=O)NCCCC(C)C(=O)O. The van der Waals surface area contributed by atoms with E-state index in [-0.39, 0.29) is 18.4 Å². The highest BCUT2D eigenvalue weighted by Crippen LogP contribution is 2.03. The van der Waals surface area contributed by atoms with Crippen molar-refractivity contribution in [3.05, 3.63) is 0 Å². The van der Waals surface area contributed by atoms with Gasteiger partial charge in [-0.25, -0.2) is 0 Å². The lowest BCUT2D eigenvalue weighted by Crippen LogP contribution is -2.35. The molecular formula is C11H22N2O4. The summed E-state index contributed by atoms with van der Waals surface area (Å²) in [6.07, 6.45) is 1.25. The van der Waals surface area contributed by atoms with E-state index >= 15 is 0 Å². The van der Waals surface area contributed by atoms with Crippen LogP contribution in [0.1, 0.15) is 19.8 Å². The highest BCUT2D eigenvalue weighted by Gasteiger charge is 2.09. The van der Waals surface area contributed by atoms with E-state index in [4.69, 9.17) is 9.84 Å². The summed E-state index contributed by atoms with van der Waals surface area (Å²) in [6, 6.07) is 0. The van der Waals surface area contributed by atoms with Crippen molar-refractivity contribution in [2.45, 2.75) is 19.8 Å². The van der Waals surface area contributed by atoms with Crippen molar-refractivity contribution in [2.75, 3.05) is 33.4 Å². The van der Waals surface area contributed by atoms with Crippen molar-refractivity contribution < 1.29 is 19.4 Å². The van der Waals surface area contributed by atoms with Crippen molar-refractivity contribution in [3.8, 4) is 0 Å². The number of methoxy groups -OCH3 is 1. The lowest BCUT2D eigenvalue weighted by molar-refractivity contribution is -0.141. The Kier molecular flexibility index (Phi) is 9.37. The van der Waals surface area contributed by atoms with Gasteiger partial charge in [0.15, 0.2) is 0 Å². The van der Waals surface area contributed by atoms with E-state index in [0.717, 1.165) is 0 Å². The minimum Gasteiger partial charge on any atom is -0.481 e. The minimum absolute atomic E-state index is 0.0796.